The molecule has 0 bridgehead atoms. The maximum absolute atomic E-state index is 10.6. The Balaban J connectivity index is 4.28. The van der Waals surface area contributed by atoms with Crippen LogP contribution in [0.4, 0.5) is 0 Å². The van der Waals surface area contributed by atoms with E-state index in [1.165, 1.54) is 27.4 Å². The van der Waals surface area contributed by atoms with Crippen LogP contribution in [0.2, 0.25) is 0 Å². The number of carbonyl (C=O) groups excluding carboxylic acids is 2. The molecule has 0 spiro atoms. The first-order chi connectivity index (χ1) is 5.10. The van der Waals surface area contributed by atoms with Gasteiger partial charge in [0, 0.05) is 14.2 Å². The first-order valence-corrected chi connectivity index (χ1v) is 3.09. The van der Waals surface area contributed by atoms with E-state index >= 15 is 0 Å². The smallest absolute Gasteiger partial charge is 0.263 e. The van der Waals surface area contributed by atoms with Crippen molar-refractivity contribution >= 4 is 12.1 Å². The predicted molar refractivity (Wildman–Crippen MR) is 37.7 cm³/mol. The van der Waals surface area contributed by atoms with Crippen LogP contribution >= 0.6 is 0 Å². The van der Waals surface area contributed by atoms with Gasteiger partial charge < -0.3 is 9.47 Å². The molecule has 11 heavy (non-hydrogen) atoms. The third-order valence-corrected chi connectivity index (χ3v) is 1.30. The minimum absolute atomic E-state index is 0.108. The van der Waals surface area contributed by atoms with E-state index in [0.717, 1.165) is 0 Å². The molecule has 63 valence electrons. The molecule has 0 atom stereocenters. The Bertz CT molecular complexity index is 149. The molecule has 0 fully saturated rings. The minimum Gasteiger partial charge on any atom is -0.346 e. The third kappa shape index (κ3) is 2.78. The van der Waals surface area contributed by atoms with E-state index in [0.29, 0.717) is 0 Å². The Labute approximate surface area is 65.5 Å². The summed E-state index contributed by atoms with van der Waals surface area (Å²) < 4.78 is 9.36. The Morgan fingerprint density at radius 1 is 1.45 bits per heavy atom. The third-order valence-electron chi connectivity index (χ3n) is 1.30. The van der Waals surface area contributed by atoms with Crippen LogP contribution in [0.3, 0.4) is 0 Å². The summed E-state index contributed by atoms with van der Waals surface area (Å²) in [6, 6.07) is 0. The highest BCUT2D eigenvalue weighted by Gasteiger charge is 2.32. The Morgan fingerprint density at radius 2 is 1.91 bits per heavy atom. The summed E-state index contributed by atoms with van der Waals surface area (Å²) >= 11 is 0. The van der Waals surface area contributed by atoms with Crippen molar-refractivity contribution in [2.24, 2.45) is 0 Å². The number of methoxy groups -OCH3 is 2. The zero-order valence-electron chi connectivity index (χ0n) is 6.84. The lowest BCUT2D eigenvalue weighted by atomic mass is 10.1. The molecule has 0 aromatic heterocycles. The molecular weight excluding hydrogens is 148 g/mol. The number of ether oxygens (including phenoxy) is 2. The van der Waals surface area contributed by atoms with E-state index in [4.69, 9.17) is 0 Å². The normalized spacial score (nSPS) is 11.2. The van der Waals surface area contributed by atoms with E-state index in [9.17, 15) is 9.59 Å². The molecule has 1 radical (unpaired) electrons. The highest BCUT2D eigenvalue weighted by atomic mass is 16.7. The number of Topliss-reactive ketones (excluding diaryl/α,β-unsaturated/α-hetero) is 1. The van der Waals surface area contributed by atoms with Crippen LogP contribution in [0, 0.1) is 0 Å². The average Bonchev–Trinajstić information content (AvgIpc) is 2.00. The lowest BCUT2D eigenvalue weighted by Gasteiger charge is -2.21. The summed E-state index contributed by atoms with van der Waals surface area (Å²) in [6.07, 6.45) is 1.42. The van der Waals surface area contributed by atoms with Crippen molar-refractivity contribution in [1.82, 2.24) is 0 Å². The van der Waals surface area contributed by atoms with Gasteiger partial charge in [0.15, 0.2) is 0 Å². The fourth-order valence-corrected chi connectivity index (χ4v) is 0.675. The second kappa shape index (κ2) is 4.20. The van der Waals surface area contributed by atoms with Crippen LogP contribution in [0.15, 0.2) is 0 Å². The molecule has 0 saturated carbocycles. The minimum atomic E-state index is -1.51. The van der Waals surface area contributed by atoms with Crippen molar-refractivity contribution in [2.45, 2.75) is 19.1 Å². The van der Waals surface area contributed by atoms with Crippen molar-refractivity contribution in [2.75, 3.05) is 14.2 Å². The highest BCUT2D eigenvalue weighted by Crippen LogP contribution is 2.12. The van der Waals surface area contributed by atoms with Gasteiger partial charge in [-0.15, -0.1) is 0 Å². The van der Waals surface area contributed by atoms with Gasteiger partial charge in [0.25, 0.3) is 6.29 Å². The van der Waals surface area contributed by atoms with Crippen LogP contribution < -0.4 is 0 Å². The van der Waals surface area contributed by atoms with Crippen LogP contribution in [-0.4, -0.2) is 32.1 Å². The lowest BCUT2D eigenvalue weighted by molar-refractivity contribution is -0.164. The van der Waals surface area contributed by atoms with Crippen molar-refractivity contribution < 1.29 is 19.1 Å². The first kappa shape index (κ1) is 10.3. The molecule has 4 heteroatoms. The Kier molecular flexibility index (Phi) is 3.92. The van der Waals surface area contributed by atoms with Gasteiger partial charge in [-0.05, 0) is 6.92 Å². The predicted octanol–water partition coefficient (Wildman–Crippen LogP) is 0.0643. The molecule has 0 heterocycles. The summed E-state index contributed by atoms with van der Waals surface area (Å²) in [7, 11) is 2.58. The summed E-state index contributed by atoms with van der Waals surface area (Å²) in [6.45, 7) is 1.35. The number of ketones is 1. The van der Waals surface area contributed by atoms with E-state index in [1.807, 2.05) is 0 Å². The second-order valence-corrected chi connectivity index (χ2v) is 2.14. The molecular formula is C7H11O4. The molecule has 0 saturated heterocycles. The van der Waals surface area contributed by atoms with Gasteiger partial charge in [0.05, 0.1) is 6.42 Å². The van der Waals surface area contributed by atoms with Gasteiger partial charge in [-0.25, -0.2) is 0 Å². The summed E-state index contributed by atoms with van der Waals surface area (Å²) in [5.74, 6) is -1.69. The summed E-state index contributed by atoms with van der Waals surface area (Å²) in [5, 5.41) is 0. The van der Waals surface area contributed by atoms with E-state index in [-0.39, 0.29) is 12.2 Å². The Morgan fingerprint density at radius 3 is 2.00 bits per heavy atom. The van der Waals surface area contributed by atoms with Crippen LogP contribution in [0.1, 0.15) is 13.3 Å². The fraction of sp³-hybridized carbons (Fsp3) is 0.714. The van der Waals surface area contributed by atoms with Gasteiger partial charge in [0.1, 0.15) is 5.78 Å². The second-order valence-electron chi connectivity index (χ2n) is 2.14. The average molecular weight is 159 g/mol. The van der Waals surface area contributed by atoms with Crippen molar-refractivity contribution in [3.05, 3.63) is 0 Å². The standard InChI is InChI=1S/C7H11O4/c1-6(9)4-7(5-8,10-2)11-3/h4H2,1-3H3. The van der Waals surface area contributed by atoms with Crippen molar-refractivity contribution in [1.29, 1.82) is 0 Å². The van der Waals surface area contributed by atoms with Gasteiger partial charge in [0.2, 0.25) is 5.79 Å². The SMILES string of the molecule is COC([C]=O)(CC(C)=O)OC. The number of carbonyl (C=O) groups is 1. The summed E-state index contributed by atoms with van der Waals surface area (Å²) in [4.78, 5) is 20.9. The molecule has 0 aliphatic heterocycles. The molecule has 0 unspecified atom stereocenters. The molecule has 0 rings (SSSR count). The molecule has 0 aliphatic rings. The molecule has 0 N–H and O–H groups in total. The topological polar surface area (TPSA) is 52.6 Å². The van der Waals surface area contributed by atoms with Gasteiger partial charge in [-0.2, -0.15) is 0 Å². The number of hydrogen-bond acceptors (Lipinski definition) is 4. The number of rotatable bonds is 5. The largest absolute Gasteiger partial charge is 0.346 e. The lowest BCUT2D eigenvalue weighted by Crippen LogP contribution is -2.37. The molecule has 0 aromatic carbocycles. The molecule has 4 nitrogen and oxygen atoms in total. The van der Waals surface area contributed by atoms with E-state index < -0.39 is 5.79 Å². The quantitative estimate of drug-likeness (QED) is 0.532. The van der Waals surface area contributed by atoms with E-state index in [2.05, 4.69) is 9.47 Å². The monoisotopic (exact) mass is 159 g/mol. The molecule has 0 amide bonds. The van der Waals surface area contributed by atoms with Gasteiger partial charge in [-0.3, -0.25) is 9.59 Å². The Hall–Kier alpha value is -0.740. The highest BCUT2D eigenvalue weighted by molar-refractivity contribution is 5.81. The van der Waals surface area contributed by atoms with E-state index in [1.54, 1.807) is 0 Å². The fourth-order valence-electron chi connectivity index (χ4n) is 0.675. The first-order valence-electron chi connectivity index (χ1n) is 3.09. The van der Waals surface area contributed by atoms with Crippen LogP contribution in [-0.2, 0) is 19.1 Å². The van der Waals surface area contributed by atoms with Gasteiger partial charge >= 0.3 is 0 Å². The van der Waals surface area contributed by atoms with Crippen molar-refractivity contribution in [3.8, 4) is 0 Å². The van der Waals surface area contributed by atoms with Gasteiger partial charge in [-0.1, -0.05) is 0 Å². The zero-order chi connectivity index (χ0) is 8.91. The van der Waals surface area contributed by atoms with Crippen molar-refractivity contribution in [3.63, 3.8) is 0 Å². The number of hydrogen-bond donors (Lipinski definition) is 0. The van der Waals surface area contributed by atoms with Crippen LogP contribution in [0.25, 0.3) is 0 Å². The summed E-state index contributed by atoms with van der Waals surface area (Å²) in [5.41, 5.74) is 0. The zero-order valence-corrected chi connectivity index (χ0v) is 6.84. The molecule has 0 aromatic rings. The maximum atomic E-state index is 10.6. The van der Waals surface area contributed by atoms with Crippen LogP contribution in [0.5, 0.6) is 0 Å². The molecule has 0 aliphatic carbocycles. The maximum Gasteiger partial charge on any atom is 0.263 e.